The van der Waals surface area contributed by atoms with Crippen LogP contribution in [0.2, 0.25) is 0 Å². The zero-order chi connectivity index (χ0) is 12.3. The third-order valence-corrected chi connectivity index (χ3v) is 2.95. The smallest absolute Gasteiger partial charge is 0.387 e. The van der Waals surface area contributed by atoms with Gasteiger partial charge in [-0.05, 0) is 25.3 Å². The molecular weight excluding hydrogens is 224 g/mol. The third kappa shape index (κ3) is 2.82. The second-order valence-electron chi connectivity index (χ2n) is 4.07. The van der Waals surface area contributed by atoms with Crippen LogP contribution < -0.4 is 10.5 Å². The Kier molecular flexibility index (Phi) is 3.74. The number of ether oxygens (including phenoxy) is 1. The normalized spacial score (nSPS) is 17.1. The van der Waals surface area contributed by atoms with Gasteiger partial charge in [-0.3, -0.25) is 0 Å². The number of benzene rings is 1. The van der Waals surface area contributed by atoms with Crippen molar-refractivity contribution in [2.75, 3.05) is 0 Å². The molecular formula is C13H15F2NO. The van der Waals surface area contributed by atoms with Crippen molar-refractivity contribution in [3.05, 3.63) is 41.5 Å². The molecule has 1 unspecified atom stereocenters. The van der Waals surface area contributed by atoms with E-state index in [0.717, 1.165) is 24.8 Å². The SMILES string of the molecule is NC(C1=CCCC1)c1ccccc1OC(F)F. The van der Waals surface area contributed by atoms with E-state index in [1.165, 1.54) is 6.07 Å². The molecule has 17 heavy (non-hydrogen) atoms. The van der Waals surface area contributed by atoms with Crippen molar-refractivity contribution in [3.63, 3.8) is 0 Å². The summed E-state index contributed by atoms with van der Waals surface area (Å²) < 4.78 is 29.0. The molecule has 0 bridgehead atoms. The molecule has 1 aliphatic rings. The van der Waals surface area contributed by atoms with Gasteiger partial charge in [0.1, 0.15) is 5.75 Å². The van der Waals surface area contributed by atoms with Crippen molar-refractivity contribution in [2.24, 2.45) is 5.73 Å². The van der Waals surface area contributed by atoms with Gasteiger partial charge in [-0.25, -0.2) is 0 Å². The van der Waals surface area contributed by atoms with Crippen LogP contribution >= 0.6 is 0 Å². The predicted molar refractivity (Wildman–Crippen MR) is 61.9 cm³/mol. The van der Waals surface area contributed by atoms with Crippen molar-refractivity contribution >= 4 is 0 Å². The minimum Gasteiger partial charge on any atom is -0.434 e. The van der Waals surface area contributed by atoms with Gasteiger partial charge in [-0.15, -0.1) is 0 Å². The maximum absolute atomic E-state index is 12.3. The molecule has 1 aromatic rings. The van der Waals surface area contributed by atoms with Gasteiger partial charge in [0.15, 0.2) is 0 Å². The molecule has 0 spiro atoms. The summed E-state index contributed by atoms with van der Waals surface area (Å²) in [5, 5.41) is 0. The van der Waals surface area contributed by atoms with Gasteiger partial charge in [0.2, 0.25) is 0 Å². The topological polar surface area (TPSA) is 35.2 Å². The van der Waals surface area contributed by atoms with Gasteiger partial charge < -0.3 is 10.5 Å². The van der Waals surface area contributed by atoms with Crippen LogP contribution in [0.4, 0.5) is 8.78 Å². The number of para-hydroxylation sites is 1. The van der Waals surface area contributed by atoms with E-state index < -0.39 is 6.61 Å². The molecule has 0 heterocycles. The molecule has 92 valence electrons. The monoisotopic (exact) mass is 239 g/mol. The zero-order valence-corrected chi connectivity index (χ0v) is 9.40. The number of allylic oxidation sites excluding steroid dienone is 1. The average molecular weight is 239 g/mol. The fourth-order valence-corrected chi connectivity index (χ4v) is 2.12. The summed E-state index contributed by atoms with van der Waals surface area (Å²) in [6.45, 7) is -2.82. The van der Waals surface area contributed by atoms with Crippen LogP contribution in [0.5, 0.6) is 5.75 Å². The Morgan fingerprint density at radius 2 is 2.00 bits per heavy atom. The molecule has 1 aromatic carbocycles. The van der Waals surface area contributed by atoms with Gasteiger partial charge in [-0.2, -0.15) is 8.78 Å². The van der Waals surface area contributed by atoms with Gasteiger partial charge in [0.25, 0.3) is 0 Å². The molecule has 0 radical (unpaired) electrons. The highest BCUT2D eigenvalue weighted by Crippen LogP contribution is 2.33. The van der Waals surface area contributed by atoms with Gasteiger partial charge in [0, 0.05) is 5.56 Å². The Morgan fingerprint density at radius 3 is 2.65 bits per heavy atom. The molecule has 0 saturated heterocycles. The minimum absolute atomic E-state index is 0.169. The Balaban J connectivity index is 2.24. The molecule has 2 nitrogen and oxygen atoms in total. The summed E-state index contributed by atoms with van der Waals surface area (Å²) in [5.74, 6) is 0.169. The standard InChI is InChI=1S/C13H15F2NO/c14-13(15)17-11-8-4-3-7-10(11)12(16)9-5-1-2-6-9/h3-5,7-8,12-13H,1-2,6,16H2. The van der Waals surface area contributed by atoms with Gasteiger partial charge in [0.05, 0.1) is 6.04 Å². The van der Waals surface area contributed by atoms with Crippen molar-refractivity contribution < 1.29 is 13.5 Å². The maximum Gasteiger partial charge on any atom is 0.387 e. The molecule has 0 amide bonds. The van der Waals surface area contributed by atoms with Crippen LogP contribution in [0.25, 0.3) is 0 Å². The summed E-state index contributed by atoms with van der Waals surface area (Å²) >= 11 is 0. The lowest BCUT2D eigenvalue weighted by Crippen LogP contribution is -2.15. The summed E-state index contributed by atoms with van der Waals surface area (Å²) in [6.07, 6.45) is 5.12. The first-order chi connectivity index (χ1) is 8.18. The highest BCUT2D eigenvalue weighted by Gasteiger charge is 2.19. The second-order valence-corrected chi connectivity index (χ2v) is 4.07. The molecule has 2 N–H and O–H groups in total. The van der Waals surface area contributed by atoms with E-state index in [1.54, 1.807) is 18.2 Å². The largest absolute Gasteiger partial charge is 0.434 e. The number of halogens is 2. The average Bonchev–Trinajstić information content (AvgIpc) is 2.81. The summed E-state index contributed by atoms with van der Waals surface area (Å²) in [6, 6.07) is 6.37. The number of alkyl halides is 2. The lowest BCUT2D eigenvalue weighted by molar-refractivity contribution is -0.0505. The van der Waals surface area contributed by atoms with E-state index in [1.807, 2.05) is 0 Å². The number of hydrogen-bond donors (Lipinski definition) is 1. The lowest BCUT2D eigenvalue weighted by Gasteiger charge is -2.17. The first kappa shape index (κ1) is 12.0. The van der Waals surface area contributed by atoms with E-state index >= 15 is 0 Å². The van der Waals surface area contributed by atoms with Crippen LogP contribution in [0.15, 0.2) is 35.9 Å². The Bertz CT molecular complexity index is 418. The second kappa shape index (κ2) is 5.27. The molecule has 0 saturated carbocycles. The van der Waals surface area contributed by atoms with Gasteiger partial charge >= 0.3 is 6.61 Å². The molecule has 1 aliphatic carbocycles. The maximum atomic E-state index is 12.3. The van der Waals surface area contributed by atoms with E-state index in [9.17, 15) is 8.78 Å². The lowest BCUT2D eigenvalue weighted by atomic mass is 9.98. The summed E-state index contributed by atoms with van der Waals surface area (Å²) in [5.41, 5.74) is 7.82. The van der Waals surface area contributed by atoms with E-state index in [-0.39, 0.29) is 11.8 Å². The van der Waals surface area contributed by atoms with E-state index in [2.05, 4.69) is 10.8 Å². The highest BCUT2D eigenvalue weighted by atomic mass is 19.3. The van der Waals surface area contributed by atoms with Gasteiger partial charge in [-0.1, -0.05) is 29.8 Å². The molecule has 2 rings (SSSR count). The quantitative estimate of drug-likeness (QED) is 0.817. The van der Waals surface area contributed by atoms with Crippen LogP contribution in [-0.2, 0) is 0 Å². The Labute approximate surface area is 99.1 Å². The Morgan fingerprint density at radius 1 is 1.24 bits per heavy atom. The van der Waals surface area contributed by atoms with Crippen LogP contribution in [-0.4, -0.2) is 6.61 Å². The number of hydrogen-bond acceptors (Lipinski definition) is 2. The molecule has 0 fully saturated rings. The van der Waals surface area contributed by atoms with Crippen molar-refractivity contribution in [2.45, 2.75) is 31.9 Å². The fourth-order valence-electron chi connectivity index (χ4n) is 2.12. The van der Waals surface area contributed by atoms with E-state index in [0.29, 0.717) is 5.56 Å². The first-order valence-corrected chi connectivity index (χ1v) is 5.66. The van der Waals surface area contributed by atoms with Crippen LogP contribution in [0.3, 0.4) is 0 Å². The minimum atomic E-state index is -2.82. The van der Waals surface area contributed by atoms with E-state index in [4.69, 9.17) is 5.73 Å². The zero-order valence-electron chi connectivity index (χ0n) is 9.40. The number of rotatable bonds is 4. The Hall–Kier alpha value is -1.42. The van der Waals surface area contributed by atoms with Crippen molar-refractivity contribution in [1.82, 2.24) is 0 Å². The summed E-state index contributed by atoms with van der Waals surface area (Å²) in [7, 11) is 0. The predicted octanol–water partition coefficient (Wildman–Crippen LogP) is 3.40. The molecule has 0 aliphatic heterocycles. The van der Waals surface area contributed by atoms with Crippen molar-refractivity contribution in [1.29, 1.82) is 0 Å². The molecule has 4 heteroatoms. The van der Waals surface area contributed by atoms with Crippen molar-refractivity contribution in [3.8, 4) is 5.75 Å². The van der Waals surface area contributed by atoms with Crippen LogP contribution in [0, 0.1) is 0 Å². The summed E-state index contributed by atoms with van der Waals surface area (Å²) in [4.78, 5) is 0. The highest BCUT2D eigenvalue weighted by molar-refractivity contribution is 5.40. The fraction of sp³-hybridized carbons (Fsp3) is 0.385. The number of nitrogens with two attached hydrogens (primary N) is 1. The molecule has 1 atom stereocenters. The first-order valence-electron chi connectivity index (χ1n) is 5.66. The molecule has 0 aromatic heterocycles. The van der Waals surface area contributed by atoms with Crippen LogP contribution in [0.1, 0.15) is 30.9 Å². The third-order valence-electron chi connectivity index (χ3n) is 2.95.